The van der Waals surface area contributed by atoms with Gasteiger partial charge in [0.2, 0.25) is 5.28 Å². The highest BCUT2D eigenvalue weighted by Gasteiger charge is 2.04. The van der Waals surface area contributed by atoms with Crippen molar-refractivity contribution in [3.05, 3.63) is 53.1 Å². The van der Waals surface area contributed by atoms with E-state index in [-0.39, 0.29) is 10.8 Å². The van der Waals surface area contributed by atoms with Gasteiger partial charge in [0.1, 0.15) is 0 Å². The molecule has 4 nitrogen and oxygen atoms in total. The Morgan fingerprint density at radius 3 is 2.94 bits per heavy atom. The number of nitrogens with zero attached hydrogens (tertiary/aromatic N) is 2. The molecule has 0 radical (unpaired) electrons. The molecule has 92 valence electrons. The molecule has 1 N–H and O–H groups in total. The minimum atomic E-state index is -0.928. The molecule has 0 fully saturated rings. The number of carbonyl (C=O) groups is 1. The van der Waals surface area contributed by atoms with E-state index in [4.69, 9.17) is 16.7 Å². The van der Waals surface area contributed by atoms with E-state index in [0.29, 0.717) is 5.75 Å². The zero-order valence-corrected chi connectivity index (χ0v) is 10.8. The zero-order valence-electron chi connectivity index (χ0n) is 9.21. The Morgan fingerprint density at radius 2 is 2.22 bits per heavy atom. The van der Waals surface area contributed by atoms with Crippen molar-refractivity contribution in [1.29, 1.82) is 0 Å². The summed E-state index contributed by atoms with van der Waals surface area (Å²) in [4.78, 5) is 19.6. The van der Waals surface area contributed by atoms with E-state index in [9.17, 15) is 4.79 Å². The van der Waals surface area contributed by atoms with E-state index in [1.807, 2.05) is 6.07 Å². The molecule has 0 atom stereocenters. The fraction of sp³-hybridized carbons (Fsp3) is 0.0833. The maximum atomic E-state index is 10.8. The minimum Gasteiger partial charge on any atom is -0.478 e. The molecular weight excluding hydrogens is 272 g/mol. The van der Waals surface area contributed by atoms with Gasteiger partial charge in [-0.1, -0.05) is 6.07 Å². The summed E-state index contributed by atoms with van der Waals surface area (Å²) in [7, 11) is 0. The molecule has 0 amide bonds. The third-order valence-corrected chi connectivity index (χ3v) is 3.36. The number of hydrogen-bond donors (Lipinski definition) is 1. The number of aromatic carboxylic acids is 1. The number of rotatable bonds is 4. The summed E-state index contributed by atoms with van der Waals surface area (Å²) in [5, 5.41) is 9.10. The Kier molecular flexibility index (Phi) is 4.17. The Hall–Kier alpha value is -1.59. The minimum absolute atomic E-state index is 0.215. The van der Waals surface area contributed by atoms with Gasteiger partial charge in [-0.05, 0) is 35.9 Å². The highest BCUT2D eigenvalue weighted by molar-refractivity contribution is 7.98. The van der Waals surface area contributed by atoms with Gasteiger partial charge in [0.15, 0.2) is 0 Å². The summed E-state index contributed by atoms with van der Waals surface area (Å²) in [6, 6.07) is 8.56. The van der Waals surface area contributed by atoms with Gasteiger partial charge in [-0.25, -0.2) is 14.8 Å². The Balaban J connectivity index is 2.06. The van der Waals surface area contributed by atoms with Crippen LogP contribution < -0.4 is 0 Å². The second kappa shape index (κ2) is 5.84. The topological polar surface area (TPSA) is 63.1 Å². The molecule has 0 aliphatic carbocycles. The van der Waals surface area contributed by atoms with Gasteiger partial charge >= 0.3 is 5.97 Å². The molecule has 0 spiro atoms. The summed E-state index contributed by atoms with van der Waals surface area (Å²) < 4.78 is 0. The van der Waals surface area contributed by atoms with E-state index in [1.165, 1.54) is 11.8 Å². The van der Waals surface area contributed by atoms with Crippen LogP contribution in [-0.2, 0) is 5.75 Å². The van der Waals surface area contributed by atoms with Crippen LogP contribution >= 0.6 is 23.4 Å². The van der Waals surface area contributed by atoms with E-state index in [1.54, 1.807) is 30.5 Å². The number of halogens is 1. The first-order valence-corrected chi connectivity index (χ1v) is 6.45. The zero-order chi connectivity index (χ0) is 13.0. The molecule has 0 bridgehead atoms. The van der Waals surface area contributed by atoms with E-state index < -0.39 is 5.97 Å². The lowest BCUT2D eigenvalue weighted by atomic mass is 10.2. The van der Waals surface area contributed by atoms with Crippen molar-refractivity contribution in [1.82, 2.24) is 9.97 Å². The standard InChI is InChI=1S/C12H9ClN2O2S/c13-12-14-5-4-9(15-12)7-18-10-3-1-2-8(6-10)11(16)17/h1-6H,7H2,(H,16,17). The highest BCUT2D eigenvalue weighted by Crippen LogP contribution is 2.23. The quantitative estimate of drug-likeness (QED) is 0.689. The van der Waals surface area contributed by atoms with Gasteiger partial charge in [-0.15, -0.1) is 11.8 Å². The second-order valence-corrected chi connectivity index (χ2v) is 4.83. The van der Waals surface area contributed by atoms with E-state index in [2.05, 4.69) is 9.97 Å². The monoisotopic (exact) mass is 280 g/mol. The van der Waals surface area contributed by atoms with Gasteiger partial charge in [0.25, 0.3) is 0 Å². The van der Waals surface area contributed by atoms with Crippen LogP contribution in [0.4, 0.5) is 0 Å². The van der Waals surface area contributed by atoms with Crippen LogP contribution in [0.15, 0.2) is 41.4 Å². The Morgan fingerprint density at radius 1 is 1.39 bits per heavy atom. The molecule has 1 heterocycles. The van der Waals surface area contributed by atoms with Crippen LogP contribution in [0.1, 0.15) is 16.1 Å². The van der Waals surface area contributed by atoms with Crippen molar-refractivity contribution in [2.45, 2.75) is 10.6 Å². The molecule has 1 aromatic heterocycles. The average Bonchev–Trinajstić information content (AvgIpc) is 2.37. The molecule has 6 heteroatoms. The molecule has 2 rings (SSSR count). The lowest BCUT2D eigenvalue weighted by molar-refractivity contribution is 0.0696. The first kappa shape index (κ1) is 12.9. The number of carboxylic acids is 1. The van der Waals surface area contributed by atoms with Crippen LogP contribution in [0.25, 0.3) is 0 Å². The molecule has 0 saturated carbocycles. The predicted molar refractivity (Wildman–Crippen MR) is 70.0 cm³/mol. The van der Waals surface area contributed by atoms with Gasteiger partial charge in [0.05, 0.1) is 11.3 Å². The third-order valence-electron chi connectivity index (χ3n) is 2.15. The van der Waals surface area contributed by atoms with Gasteiger partial charge in [0, 0.05) is 16.8 Å². The summed E-state index contributed by atoms with van der Waals surface area (Å²) in [6.45, 7) is 0. The lowest BCUT2D eigenvalue weighted by Gasteiger charge is -2.02. The predicted octanol–water partition coefficient (Wildman–Crippen LogP) is 3.12. The smallest absolute Gasteiger partial charge is 0.335 e. The van der Waals surface area contributed by atoms with Crippen molar-refractivity contribution in [2.24, 2.45) is 0 Å². The number of carboxylic acid groups (broad SMARTS) is 1. The summed E-state index contributed by atoms with van der Waals surface area (Å²) >= 11 is 7.19. The van der Waals surface area contributed by atoms with Crippen molar-refractivity contribution in [2.75, 3.05) is 0 Å². The Labute approximate surface area is 113 Å². The number of hydrogen-bond acceptors (Lipinski definition) is 4. The summed E-state index contributed by atoms with van der Waals surface area (Å²) in [6.07, 6.45) is 1.60. The second-order valence-electron chi connectivity index (χ2n) is 3.44. The lowest BCUT2D eigenvalue weighted by Crippen LogP contribution is -1.95. The summed E-state index contributed by atoms with van der Waals surface area (Å²) in [5.41, 5.74) is 1.08. The van der Waals surface area contributed by atoms with Crippen LogP contribution in [0.5, 0.6) is 0 Å². The summed E-state index contributed by atoms with van der Waals surface area (Å²) in [5.74, 6) is -0.312. The molecule has 0 unspecified atom stereocenters. The molecule has 0 aliphatic rings. The number of thioether (sulfide) groups is 1. The molecule has 1 aromatic carbocycles. The van der Waals surface area contributed by atoms with Crippen molar-refractivity contribution in [3.8, 4) is 0 Å². The van der Waals surface area contributed by atoms with Crippen molar-refractivity contribution < 1.29 is 9.90 Å². The largest absolute Gasteiger partial charge is 0.478 e. The maximum absolute atomic E-state index is 10.8. The fourth-order valence-electron chi connectivity index (χ4n) is 1.33. The fourth-order valence-corrected chi connectivity index (χ4v) is 2.35. The van der Waals surface area contributed by atoms with Gasteiger partial charge in [-0.3, -0.25) is 0 Å². The molecule has 18 heavy (non-hydrogen) atoms. The van der Waals surface area contributed by atoms with E-state index >= 15 is 0 Å². The molecule has 0 aliphatic heterocycles. The first-order valence-electron chi connectivity index (χ1n) is 5.09. The van der Waals surface area contributed by atoms with Crippen LogP contribution in [-0.4, -0.2) is 21.0 Å². The molecule has 2 aromatic rings. The third kappa shape index (κ3) is 3.45. The first-order chi connectivity index (χ1) is 8.65. The van der Waals surface area contributed by atoms with E-state index in [0.717, 1.165) is 10.6 Å². The van der Waals surface area contributed by atoms with Gasteiger partial charge < -0.3 is 5.11 Å². The van der Waals surface area contributed by atoms with Gasteiger partial charge in [-0.2, -0.15) is 0 Å². The molecule has 0 saturated heterocycles. The number of aromatic nitrogens is 2. The van der Waals surface area contributed by atoms with Crippen molar-refractivity contribution >= 4 is 29.3 Å². The van der Waals surface area contributed by atoms with Crippen LogP contribution in [0, 0.1) is 0 Å². The highest BCUT2D eigenvalue weighted by atomic mass is 35.5. The SMILES string of the molecule is O=C(O)c1cccc(SCc2ccnc(Cl)n2)c1. The van der Waals surface area contributed by atoms with Crippen LogP contribution in [0.3, 0.4) is 0 Å². The average molecular weight is 281 g/mol. The van der Waals surface area contributed by atoms with Crippen LogP contribution in [0.2, 0.25) is 5.28 Å². The Bertz CT molecular complexity index is 578. The van der Waals surface area contributed by atoms with Crippen molar-refractivity contribution in [3.63, 3.8) is 0 Å². The maximum Gasteiger partial charge on any atom is 0.335 e. The number of benzene rings is 1. The molecular formula is C12H9ClN2O2S. The normalized spacial score (nSPS) is 10.3.